The van der Waals surface area contributed by atoms with E-state index in [1.54, 1.807) is 0 Å². The Morgan fingerprint density at radius 3 is 2.65 bits per heavy atom. The number of nitrogens with one attached hydrogen (secondary N) is 1. The first-order chi connectivity index (χ1) is 9.56. The molecule has 110 valence electrons. The molecule has 1 N–H and O–H groups in total. The fraction of sp³-hybridized carbons (Fsp3) is 0.462. The van der Waals surface area contributed by atoms with Gasteiger partial charge in [0.1, 0.15) is 11.4 Å². The van der Waals surface area contributed by atoms with Gasteiger partial charge in [-0.3, -0.25) is 14.9 Å². The van der Waals surface area contributed by atoms with Crippen LogP contribution in [0.5, 0.6) is 0 Å². The lowest BCUT2D eigenvalue weighted by atomic mass is 10.1. The van der Waals surface area contributed by atoms with Crippen LogP contribution in [-0.4, -0.2) is 21.8 Å². The summed E-state index contributed by atoms with van der Waals surface area (Å²) in [5.41, 5.74) is -0.615. The minimum Gasteiger partial charge on any atom is -0.352 e. The summed E-state index contributed by atoms with van der Waals surface area (Å²) in [5.74, 6) is -1.27. The molecule has 0 aromatic heterocycles. The van der Waals surface area contributed by atoms with Crippen LogP contribution in [-0.2, 0) is 0 Å². The van der Waals surface area contributed by atoms with Gasteiger partial charge in [-0.1, -0.05) is 35.4 Å². The van der Waals surface area contributed by atoms with E-state index in [2.05, 4.69) is 27.9 Å². The van der Waals surface area contributed by atoms with Crippen LogP contribution in [0, 0.1) is 15.9 Å². The Morgan fingerprint density at radius 2 is 2.00 bits per heavy atom. The molecule has 0 aliphatic heterocycles. The smallest absolute Gasteiger partial charge is 0.285 e. The van der Waals surface area contributed by atoms with E-state index in [9.17, 15) is 19.3 Å². The third-order valence-corrected chi connectivity index (χ3v) is 3.51. The molecule has 0 bridgehead atoms. The molecule has 0 spiro atoms. The highest BCUT2D eigenvalue weighted by Crippen LogP contribution is 2.19. The van der Waals surface area contributed by atoms with Crippen LogP contribution in [0.1, 0.15) is 36.0 Å². The number of amides is 1. The predicted molar refractivity (Wildman–Crippen MR) is 82.7 cm³/mol. The van der Waals surface area contributed by atoms with Crippen LogP contribution in [0.3, 0.4) is 0 Å². The summed E-state index contributed by atoms with van der Waals surface area (Å²) in [6.07, 6.45) is 4.10. The van der Waals surface area contributed by atoms with Crippen LogP contribution >= 0.6 is 22.6 Å². The van der Waals surface area contributed by atoms with Crippen molar-refractivity contribution in [3.63, 3.8) is 0 Å². The second-order valence-electron chi connectivity index (χ2n) is 4.28. The summed E-state index contributed by atoms with van der Waals surface area (Å²) >= 11 is 2.31. The molecule has 0 fully saturated rings. The molecule has 0 aliphatic rings. The van der Waals surface area contributed by atoms with Gasteiger partial charge in [-0.2, -0.15) is 0 Å². The second-order valence-corrected chi connectivity index (χ2v) is 5.36. The van der Waals surface area contributed by atoms with Crippen molar-refractivity contribution in [3.8, 4) is 0 Å². The van der Waals surface area contributed by atoms with E-state index in [1.807, 2.05) is 0 Å². The molecule has 7 heteroatoms. The van der Waals surface area contributed by atoms with E-state index >= 15 is 0 Å². The molecule has 0 heterocycles. The molecule has 5 nitrogen and oxygen atoms in total. The van der Waals surface area contributed by atoms with Crippen molar-refractivity contribution in [1.29, 1.82) is 0 Å². The molecule has 1 aromatic carbocycles. The molecule has 0 saturated carbocycles. The number of nitrogens with zero attached hydrogens (tertiary/aromatic N) is 1. The average molecular weight is 394 g/mol. The summed E-state index contributed by atoms with van der Waals surface area (Å²) in [5, 5.41) is 13.4. The lowest BCUT2D eigenvalue weighted by molar-refractivity contribution is -0.385. The minimum absolute atomic E-state index is 0.108. The van der Waals surface area contributed by atoms with Gasteiger partial charge in [0.2, 0.25) is 0 Å². The topological polar surface area (TPSA) is 72.2 Å². The monoisotopic (exact) mass is 394 g/mol. The molecule has 1 rings (SSSR count). The minimum atomic E-state index is -0.752. The Hall–Kier alpha value is -1.25. The number of unbranched alkanes of at least 4 members (excludes halogenated alkanes) is 3. The van der Waals surface area contributed by atoms with Gasteiger partial charge in [0, 0.05) is 6.54 Å². The van der Waals surface area contributed by atoms with Crippen molar-refractivity contribution < 1.29 is 14.1 Å². The fourth-order valence-electron chi connectivity index (χ4n) is 1.72. The fourth-order valence-corrected chi connectivity index (χ4v) is 2.26. The molecule has 1 amide bonds. The number of carbonyl (C=O) groups is 1. The van der Waals surface area contributed by atoms with Gasteiger partial charge < -0.3 is 5.32 Å². The third-order valence-electron chi connectivity index (χ3n) is 2.75. The predicted octanol–water partition coefficient (Wildman–Crippen LogP) is 3.46. The zero-order valence-corrected chi connectivity index (χ0v) is 13.1. The maximum Gasteiger partial charge on any atom is 0.285 e. The summed E-state index contributed by atoms with van der Waals surface area (Å²) in [4.78, 5) is 21.9. The van der Waals surface area contributed by atoms with E-state index in [1.165, 1.54) is 0 Å². The zero-order valence-electron chi connectivity index (χ0n) is 10.9. The average Bonchev–Trinajstić information content (AvgIpc) is 2.42. The summed E-state index contributed by atoms with van der Waals surface area (Å²) in [6.45, 7) is 0.467. The number of carbonyl (C=O) groups excluding carboxylic acids is 1. The van der Waals surface area contributed by atoms with Gasteiger partial charge in [-0.25, -0.2) is 4.39 Å². The van der Waals surface area contributed by atoms with Gasteiger partial charge in [-0.15, -0.1) is 0 Å². The number of hydrogen-bond acceptors (Lipinski definition) is 3. The third kappa shape index (κ3) is 5.40. The molecule has 20 heavy (non-hydrogen) atoms. The number of alkyl halides is 1. The van der Waals surface area contributed by atoms with Crippen LogP contribution in [0.15, 0.2) is 18.2 Å². The SMILES string of the molecule is O=C(NCCCCCCI)c1ccc(F)cc1[N+](=O)[O-]. The Kier molecular flexibility index (Phi) is 7.42. The number of nitro benzene ring substituents is 1. The van der Waals surface area contributed by atoms with Gasteiger partial charge in [0.05, 0.1) is 11.0 Å². The van der Waals surface area contributed by atoms with Crippen LogP contribution in [0.25, 0.3) is 0 Å². The standard InChI is InChI=1S/C13H16FIN2O3/c14-10-5-6-11(12(9-10)17(19)20)13(18)16-8-4-2-1-3-7-15/h5-6,9H,1-4,7-8H2,(H,16,18). The lowest BCUT2D eigenvalue weighted by Crippen LogP contribution is -2.25. The number of halogens is 2. The maximum atomic E-state index is 13.0. The van der Waals surface area contributed by atoms with Crippen LogP contribution in [0.2, 0.25) is 0 Å². The van der Waals surface area contributed by atoms with E-state index in [-0.39, 0.29) is 5.56 Å². The number of benzene rings is 1. The zero-order chi connectivity index (χ0) is 15.0. The largest absolute Gasteiger partial charge is 0.352 e. The first kappa shape index (κ1) is 16.8. The Morgan fingerprint density at radius 1 is 1.30 bits per heavy atom. The van der Waals surface area contributed by atoms with E-state index in [4.69, 9.17) is 0 Å². The van der Waals surface area contributed by atoms with Crippen molar-refractivity contribution in [2.75, 3.05) is 11.0 Å². The van der Waals surface area contributed by atoms with Crippen molar-refractivity contribution in [2.45, 2.75) is 25.7 Å². The highest BCUT2D eigenvalue weighted by molar-refractivity contribution is 14.1. The molecule has 0 saturated heterocycles. The van der Waals surface area contributed by atoms with Crippen molar-refractivity contribution in [3.05, 3.63) is 39.7 Å². The first-order valence-electron chi connectivity index (χ1n) is 6.34. The number of nitro groups is 1. The number of hydrogen-bond donors (Lipinski definition) is 1. The summed E-state index contributed by atoms with van der Waals surface area (Å²) in [7, 11) is 0. The normalized spacial score (nSPS) is 10.3. The highest BCUT2D eigenvalue weighted by atomic mass is 127. The van der Waals surface area contributed by atoms with Crippen LogP contribution < -0.4 is 5.32 Å². The van der Waals surface area contributed by atoms with Crippen molar-refractivity contribution >= 4 is 34.2 Å². The molecule has 0 atom stereocenters. The van der Waals surface area contributed by atoms with Gasteiger partial charge in [0.25, 0.3) is 11.6 Å². The van der Waals surface area contributed by atoms with Gasteiger partial charge in [0.15, 0.2) is 0 Å². The molecule has 0 radical (unpaired) electrons. The Bertz CT molecular complexity index is 483. The van der Waals surface area contributed by atoms with E-state index in [0.29, 0.717) is 6.54 Å². The Balaban J connectivity index is 2.53. The molecular weight excluding hydrogens is 378 g/mol. The Labute approximate surface area is 130 Å². The van der Waals surface area contributed by atoms with Crippen molar-refractivity contribution in [1.82, 2.24) is 5.32 Å². The van der Waals surface area contributed by atoms with Crippen LogP contribution in [0.4, 0.5) is 10.1 Å². The van der Waals surface area contributed by atoms with Gasteiger partial charge in [-0.05, 0) is 29.4 Å². The van der Waals surface area contributed by atoms with Gasteiger partial charge >= 0.3 is 0 Å². The second kappa shape index (κ2) is 8.83. The molecular formula is C13H16FIN2O3. The summed E-state index contributed by atoms with van der Waals surface area (Å²) in [6, 6.07) is 2.94. The van der Waals surface area contributed by atoms with Crippen molar-refractivity contribution in [2.24, 2.45) is 0 Å². The quantitative estimate of drug-likeness (QED) is 0.241. The van der Waals surface area contributed by atoms with E-state index < -0.39 is 22.3 Å². The highest BCUT2D eigenvalue weighted by Gasteiger charge is 2.20. The van der Waals surface area contributed by atoms with E-state index in [0.717, 1.165) is 48.3 Å². The molecule has 0 aliphatic carbocycles. The lowest BCUT2D eigenvalue weighted by Gasteiger charge is -2.05. The molecule has 0 unspecified atom stereocenters. The first-order valence-corrected chi connectivity index (χ1v) is 7.87. The number of rotatable bonds is 8. The maximum absolute atomic E-state index is 13.0. The molecule has 1 aromatic rings. The summed E-state index contributed by atoms with van der Waals surface area (Å²) < 4.78 is 14.1.